The number of carbonyl (C=O) groups is 2. The molecular formula is C23H33ClN4O2. The van der Waals surface area contributed by atoms with Crippen molar-refractivity contribution in [3.05, 3.63) is 41.1 Å². The largest absolute Gasteiger partial charge is 0.324 e. The second-order valence-electron chi connectivity index (χ2n) is 8.07. The van der Waals surface area contributed by atoms with Gasteiger partial charge in [0.25, 0.3) is 0 Å². The molecule has 7 heteroatoms. The highest BCUT2D eigenvalue weighted by molar-refractivity contribution is 6.33. The van der Waals surface area contributed by atoms with Gasteiger partial charge >= 0.3 is 0 Å². The lowest BCUT2D eigenvalue weighted by atomic mass is 10.0. The van der Waals surface area contributed by atoms with Crippen molar-refractivity contribution in [2.75, 3.05) is 51.1 Å². The summed E-state index contributed by atoms with van der Waals surface area (Å²) in [5.41, 5.74) is 1.85. The average Bonchev–Trinajstić information content (AvgIpc) is 2.75. The van der Waals surface area contributed by atoms with Crippen LogP contribution < -0.4 is 5.32 Å². The summed E-state index contributed by atoms with van der Waals surface area (Å²) in [6.45, 7) is 6.86. The van der Waals surface area contributed by atoms with E-state index in [4.69, 9.17) is 11.6 Å². The van der Waals surface area contributed by atoms with E-state index in [1.807, 2.05) is 17.0 Å². The van der Waals surface area contributed by atoms with Crippen LogP contribution in [0.15, 0.2) is 36.0 Å². The third kappa shape index (κ3) is 6.56. The van der Waals surface area contributed by atoms with E-state index in [9.17, 15) is 9.59 Å². The Morgan fingerprint density at radius 2 is 1.77 bits per heavy atom. The van der Waals surface area contributed by atoms with E-state index in [-0.39, 0.29) is 11.8 Å². The second kappa shape index (κ2) is 11.5. The Morgan fingerprint density at radius 1 is 1.07 bits per heavy atom. The van der Waals surface area contributed by atoms with Gasteiger partial charge < -0.3 is 10.2 Å². The fourth-order valence-corrected chi connectivity index (χ4v) is 4.24. The van der Waals surface area contributed by atoms with Gasteiger partial charge in [-0.1, -0.05) is 36.7 Å². The summed E-state index contributed by atoms with van der Waals surface area (Å²) in [4.78, 5) is 31.6. The third-order valence-corrected chi connectivity index (χ3v) is 6.03. The lowest BCUT2D eigenvalue weighted by Gasteiger charge is -2.35. The van der Waals surface area contributed by atoms with Gasteiger partial charge in [0.15, 0.2) is 0 Å². The van der Waals surface area contributed by atoms with Crippen LogP contribution in [0.1, 0.15) is 39.0 Å². The zero-order chi connectivity index (χ0) is 21.3. The quantitative estimate of drug-likeness (QED) is 0.682. The molecule has 0 unspecified atom stereocenters. The minimum absolute atomic E-state index is 0.0639. The molecule has 0 saturated carbocycles. The van der Waals surface area contributed by atoms with Crippen LogP contribution in [0.2, 0.25) is 5.02 Å². The topological polar surface area (TPSA) is 55.9 Å². The van der Waals surface area contributed by atoms with E-state index in [0.29, 0.717) is 23.8 Å². The van der Waals surface area contributed by atoms with Crippen LogP contribution in [-0.4, -0.2) is 72.3 Å². The maximum Gasteiger partial charge on any atom is 0.240 e. The summed E-state index contributed by atoms with van der Waals surface area (Å²) < 4.78 is 0. The summed E-state index contributed by atoms with van der Waals surface area (Å²) in [7, 11) is 0. The second-order valence-corrected chi connectivity index (χ2v) is 8.47. The van der Waals surface area contributed by atoms with Crippen LogP contribution in [0.3, 0.4) is 0 Å². The van der Waals surface area contributed by atoms with E-state index in [1.54, 1.807) is 12.1 Å². The highest BCUT2D eigenvalue weighted by Crippen LogP contribution is 2.22. The lowest BCUT2D eigenvalue weighted by Crippen LogP contribution is -2.51. The Kier molecular flexibility index (Phi) is 8.73. The van der Waals surface area contributed by atoms with Crippen molar-refractivity contribution in [1.29, 1.82) is 0 Å². The molecule has 1 aromatic carbocycles. The minimum Gasteiger partial charge on any atom is -0.324 e. The van der Waals surface area contributed by atoms with Crippen LogP contribution in [0.4, 0.5) is 5.69 Å². The molecule has 0 aromatic heterocycles. The van der Waals surface area contributed by atoms with Gasteiger partial charge in [0.1, 0.15) is 0 Å². The number of carbonyl (C=O) groups excluding carboxylic acids is 2. The number of piperazine rings is 1. The molecule has 30 heavy (non-hydrogen) atoms. The molecule has 0 spiro atoms. The Hall–Kier alpha value is -1.89. The molecule has 1 heterocycles. The van der Waals surface area contributed by atoms with Crippen molar-refractivity contribution in [3.8, 4) is 0 Å². The number of rotatable bonds is 8. The number of nitrogens with one attached hydrogen (secondary N) is 1. The summed E-state index contributed by atoms with van der Waals surface area (Å²) in [5.74, 6) is 0.140. The maximum absolute atomic E-state index is 12.9. The lowest BCUT2D eigenvalue weighted by molar-refractivity contribution is -0.131. The molecular weight excluding hydrogens is 400 g/mol. The SMILES string of the molecule is CCCN(C(=O)CN1CCN(CC(=O)Nc2ccccc2Cl)CC1)C1=CCCCC1. The first-order valence-electron chi connectivity index (χ1n) is 11.1. The molecule has 3 rings (SSSR count). The van der Waals surface area contributed by atoms with Crippen molar-refractivity contribution < 1.29 is 9.59 Å². The molecule has 1 N–H and O–H groups in total. The first-order chi connectivity index (χ1) is 14.6. The Bertz CT molecular complexity index is 759. The highest BCUT2D eigenvalue weighted by atomic mass is 35.5. The molecule has 1 aliphatic carbocycles. The minimum atomic E-state index is -0.0639. The van der Waals surface area contributed by atoms with E-state index in [0.717, 1.165) is 52.0 Å². The van der Waals surface area contributed by atoms with Crippen LogP contribution in [-0.2, 0) is 9.59 Å². The standard InChI is InChI=1S/C23H33ClN4O2/c1-2-12-28(19-8-4-3-5-9-19)23(30)18-27-15-13-26(14-16-27)17-22(29)25-21-11-7-6-10-20(21)24/h6-8,10-11H,2-5,9,12-18H2,1H3,(H,25,29). The summed E-state index contributed by atoms with van der Waals surface area (Å²) in [6, 6.07) is 7.25. The fraction of sp³-hybridized carbons (Fsp3) is 0.565. The monoisotopic (exact) mass is 432 g/mol. The molecule has 1 aromatic rings. The zero-order valence-electron chi connectivity index (χ0n) is 17.9. The number of benzene rings is 1. The van der Waals surface area contributed by atoms with Crippen molar-refractivity contribution >= 4 is 29.1 Å². The molecule has 2 amide bonds. The van der Waals surface area contributed by atoms with Crippen LogP contribution in [0, 0.1) is 0 Å². The third-order valence-electron chi connectivity index (χ3n) is 5.70. The van der Waals surface area contributed by atoms with Crippen molar-refractivity contribution in [2.24, 2.45) is 0 Å². The molecule has 0 bridgehead atoms. The van der Waals surface area contributed by atoms with Gasteiger partial charge in [0.2, 0.25) is 11.8 Å². The van der Waals surface area contributed by atoms with Gasteiger partial charge in [-0.05, 0) is 44.2 Å². The normalized spacial score (nSPS) is 18.0. The van der Waals surface area contributed by atoms with E-state index >= 15 is 0 Å². The summed E-state index contributed by atoms with van der Waals surface area (Å²) >= 11 is 6.11. The number of hydrogen-bond acceptors (Lipinski definition) is 4. The summed E-state index contributed by atoms with van der Waals surface area (Å²) in [5, 5.41) is 3.41. The van der Waals surface area contributed by atoms with Crippen LogP contribution in [0.5, 0.6) is 0 Å². The molecule has 6 nitrogen and oxygen atoms in total. The van der Waals surface area contributed by atoms with E-state index in [1.165, 1.54) is 18.5 Å². The van der Waals surface area contributed by atoms with Gasteiger partial charge in [-0.2, -0.15) is 0 Å². The fourth-order valence-electron chi connectivity index (χ4n) is 4.06. The van der Waals surface area contributed by atoms with E-state index < -0.39 is 0 Å². The van der Waals surface area contributed by atoms with Gasteiger partial charge in [0, 0.05) is 38.4 Å². The number of amides is 2. The molecule has 2 aliphatic rings. The maximum atomic E-state index is 12.9. The number of halogens is 1. The van der Waals surface area contributed by atoms with Crippen molar-refractivity contribution in [2.45, 2.75) is 39.0 Å². The summed E-state index contributed by atoms with van der Waals surface area (Å²) in [6.07, 6.45) is 7.71. The predicted molar refractivity (Wildman–Crippen MR) is 122 cm³/mol. The number of para-hydroxylation sites is 1. The number of hydrogen-bond donors (Lipinski definition) is 1. The van der Waals surface area contributed by atoms with Crippen molar-refractivity contribution in [1.82, 2.24) is 14.7 Å². The smallest absolute Gasteiger partial charge is 0.240 e. The number of nitrogens with zero attached hydrogens (tertiary/aromatic N) is 3. The van der Waals surface area contributed by atoms with Crippen molar-refractivity contribution in [3.63, 3.8) is 0 Å². The number of anilines is 1. The Balaban J connectivity index is 1.44. The van der Waals surface area contributed by atoms with Gasteiger partial charge in [-0.25, -0.2) is 0 Å². The first-order valence-corrected chi connectivity index (χ1v) is 11.4. The molecule has 0 radical (unpaired) electrons. The number of allylic oxidation sites excluding steroid dienone is 2. The molecule has 1 fully saturated rings. The molecule has 0 atom stereocenters. The van der Waals surface area contributed by atoms with Crippen LogP contribution >= 0.6 is 11.6 Å². The Labute approximate surface area is 184 Å². The van der Waals surface area contributed by atoms with E-state index in [2.05, 4.69) is 28.1 Å². The predicted octanol–water partition coefficient (Wildman–Crippen LogP) is 3.59. The Morgan fingerprint density at radius 3 is 2.40 bits per heavy atom. The highest BCUT2D eigenvalue weighted by Gasteiger charge is 2.24. The zero-order valence-corrected chi connectivity index (χ0v) is 18.7. The first kappa shape index (κ1) is 22.8. The average molecular weight is 433 g/mol. The van der Waals surface area contributed by atoms with Gasteiger partial charge in [-0.15, -0.1) is 0 Å². The molecule has 1 saturated heterocycles. The van der Waals surface area contributed by atoms with Crippen LogP contribution in [0.25, 0.3) is 0 Å². The van der Waals surface area contributed by atoms with Gasteiger partial charge in [-0.3, -0.25) is 19.4 Å². The molecule has 1 aliphatic heterocycles. The molecule has 164 valence electrons. The van der Waals surface area contributed by atoms with Gasteiger partial charge in [0.05, 0.1) is 23.8 Å².